The van der Waals surface area contributed by atoms with E-state index in [9.17, 15) is 43.2 Å². The summed E-state index contributed by atoms with van der Waals surface area (Å²) in [7, 11) is -9.94. The molecule has 0 amide bonds. The molecule has 0 aliphatic heterocycles. The molecule has 0 rings (SSSR count). The van der Waals surface area contributed by atoms with Crippen LogP contribution < -0.4 is 0 Å². The van der Waals surface area contributed by atoms with Gasteiger partial charge in [0.15, 0.2) is 12.2 Å². The second kappa shape index (κ2) is 70.2. The molecule has 0 aromatic heterocycles. The molecule has 0 aromatic carbocycles. The van der Waals surface area contributed by atoms with Gasteiger partial charge in [-0.05, 0) is 135 Å². The first-order valence-corrected chi connectivity index (χ1v) is 41.5. The van der Waals surface area contributed by atoms with E-state index in [1.165, 1.54) is 109 Å². The monoisotopic (exact) mass is 1400 g/mol. The van der Waals surface area contributed by atoms with Crippen molar-refractivity contribution >= 4 is 39.5 Å². The lowest BCUT2D eigenvalue weighted by atomic mass is 10.1. The van der Waals surface area contributed by atoms with E-state index in [-0.39, 0.29) is 25.7 Å². The van der Waals surface area contributed by atoms with Crippen molar-refractivity contribution in [1.29, 1.82) is 0 Å². The van der Waals surface area contributed by atoms with Crippen LogP contribution in [0.1, 0.15) is 349 Å². The number of allylic oxidation sites excluding steroid dienone is 10. The van der Waals surface area contributed by atoms with E-state index < -0.39 is 97.5 Å². The van der Waals surface area contributed by atoms with E-state index in [2.05, 4.69) is 88.5 Å². The Morgan fingerprint density at radius 2 is 0.510 bits per heavy atom. The molecule has 0 fully saturated rings. The normalized spacial score (nSPS) is 14.3. The molecule has 0 aliphatic rings. The van der Waals surface area contributed by atoms with E-state index in [1.807, 2.05) is 0 Å². The average molecular weight is 1400 g/mol. The molecule has 19 heteroatoms. The Balaban J connectivity index is 5.33. The number of esters is 4. The lowest BCUT2D eigenvalue weighted by Gasteiger charge is -2.21. The van der Waals surface area contributed by atoms with Gasteiger partial charge in [-0.15, -0.1) is 0 Å². The highest BCUT2D eigenvalue weighted by Crippen LogP contribution is 2.45. The Morgan fingerprint density at radius 1 is 0.292 bits per heavy atom. The molecule has 0 heterocycles. The lowest BCUT2D eigenvalue weighted by molar-refractivity contribution is -0.161. The molecule has 0 spiro atoms. The number of rotatable bonds is 73. The molecule has 0 saturated carbocycles. The molecule has 17 nitrogen and oxygen atoms in total. The Bertz CT molecular complexity index is 2060. The topological polar surface area (TPSA) is 237 Å². The largest absolute Gasteiger partial charge is 0.472 e. The van der Waals surface area contributed by atoms with Crippen LogP contribution in [-0.4, -0.2) is 96.7 Å². The SMILES string of the molecule is CCCCC/C=C\C/C=C\CCCCCCCC(=O)OC[C@H](COP(=O)(O)OC[C@H](O)COP(=O)(O)OC[C@@H](COC(=O)CCCCCCC/C=C\CCCCCCCC)OC(=O)CCCCCCC/C=C\CCCCCC)OC(=O)CCCCCCC/C=C\CCCCCC. The average Bonchev–Trinajstić information content (AvgIpc) is 1.14. The Kier molecular flexibility index (Phi) is 67.8. The van der Waals surface area contributed by atoms with Crippen LogP contribution in [-0.2, 0) is 65.4 Å². The number of carbonyl (C=O) groups is 4. The van der Waals surface area contributed by atoms with Crippen LogP contribution in [0.5, 0.6) is 0 Å². The first-order chi connectivity index (χ1) is 46.7. The summed E-state index contributed by atoms with van der Waals surface area (Å²) >= 11 is 0. The maximum atomic E-state index is 13.1. The maximum Gasteiger partial charge on any atom is 0.472 e. The van der Waals surface area contributed by atoms with E-state index in [4.69, 9.17) is 37.0 Å². The highest BCUT2D eigenvalue weighted by atomic mass is 31.2. The molecule has 96 heavy (non-hydrogen) atoms. The van der Waals surface area contributed by atoms with E-state index in [1.54, 1.807) is 0 Å². The summed E-state index contributed by atoms with van der Waals surface area (Å²) in [5, 5.41) is 10.6. The minimum atomic E-state index is -4.97. The van der Waals surface area contributed by atoms with Crippen molar-refractivity contribution in [3.8, 4) is 0 Å². The fourth-order valence-electron chi connectivity index (χ4n) is 10.5. The highest BCUT2D eigenvalue weighted by molar-refractivity contribution is 7.47. The van der Waals surface area contributed by atoms with Gasteiger partial charge in [-0.3, -0.25) is 37.3 Å². The predicted octanol–water partition coefficient (Wildman–Crippen LogP) is 21.9. The van der Waals surface area contributed by atoms with Gasteiger partial charge < -0.3 is 33.8 Å². The Labute approximate surface area is 584 Å². The van der Waals surface area contributed by atoms with E-state index >= 15 is 0 Å². The smallest absolute Gasteiger partial charge is 0.462 e. The van der Waals surface area contributed by atoms with Crippen molar-refractivity contribution in [3.63, 3.8) is 0 Å². The molecular weight excluding hydrogens is 1260 g/mol. The summed E-state index contributed by atoms with van der Waals surface area (Å²) in [4.78, 5) is 72.8. The second-order valence-corrected chi connectivity index (χ2v) is 28.8. The molecule has 2 unspecified atom stereocenters. The third kappa shape index (κ3) is 69.2. The van der Waals surface area contributed by atoms with Gasteiger partial charge in [0.25, 0.3) is 0 Å². The number of carbonyl (C=O) groups excluding carboxylic acids is 4. The minimum absolute atomic E-state index is 0.0849. The van der Waals surface area contributed by atoms with Gasteiger partial charge >= 0.3 is 39.5 Å². The van der Waals surface area contributed by atoms with Crippen LogP contribution in [0.25, 0.3) is 0 Å². The van der Waals surface area contributed by atoms with Crippen molar-refractivity contribution < 1.29 is 80.2 Å². The summed E-state index contributed by atoms with van der Waals surface area (Å²) in [5.41, 5.74) is 0. The molecule has 5 atom stereocenters. The number of hydrogen-bond acceptors (Lipinski definition) is 15. The standard InChI is InChI=1S/C77H140O17P2/c1-5-9-13-17-21-25-29-33-35-39-41-45-49-53-57-61-74(79)87-67-72(93-76(81)63-59-55-51-47-43-37-31-27-23-19-15-11-7-3)69-91-95(83,84)89-65-71(78)66-90-96(85,86)92-70-73(94-77(82)64-60-56-52-48-44-38-32-28-24-20-16-12-8-4)68-88-75(80)62-58-54-50-46-42-40-36-34-30-26-22-18-14-10-6-2/h21,25,27-28,31-36,71-73,78H,5-20,22-24,26,29-30,37-70H2,1-4H3,(H,83,84)(H,85,86)/b25-21-,31-27-,32-28-,35-33-,36-34-/t71-,72+,73+/m0/s1. The third-order valence-electron chi connectivity index (χ3n) is 16.4. The predicted molar refractivity (Wildman–Crippen MR) is 390 cm³/mol. The van der Waals surface area contributed by atoms with E-state index in [0.717, 1.165) is 161 Å². The van der Waals surface area contributed by atoms with Crippen molar-refractivity contribution in [1.82, 2.24) is 0 Å². The van der Waals surface area contributed by atoms with Crippen LogP contribution in [0.2, 0.25) is 0 Å². The van der Waals surface area contributed by atoms with Crippen molar-refractivity contribution in [2.24, 2.45) is 0 Å². The number of ether oxygens (including phenoxy) is 4. The number of phosphoric acid groups is 2. The second-order valence-electron chi connectivity index (χ2n) is 25.9. The number of unbranched alkanes of at least 4 members (excludes halogenated alkanes) is 37. The molecule has 0 bridgehead atoms. The van der Waals surface area contributed by atoms with Gasteiger partial charge in [0.1, 0.15) is 19.3 Å². The zero-order chi connectivity index (χ0) is 70.4. The van der Waals surface area contributed by atoms with Gasteiger partial charge in [0.2, 0.25) is 0 Å². The van der Waals surface area contributed by atoms with Gasteiger partial charge in [-0.1, -0.05) is 249 Å². The van der Waals surface area contributed by atoms with Crippen LogP contribution in [0.3, 0.4) is 0 Å². The summed E-state index contributed by atoms with van der Waals surface area (Å²) in [5.74, 6) is -2.19. The van der Waals surface area contributed by atoms with E-state index in [0.29, 0.717) is 25.7 Å². The number of phosphoric ester groups is 2. The first-order valence-electron chi connectivity index (χ1n) is 38.5. The number of hydrogen-bond donors (Lipinski definition) is 3. The van der Waals surface area contributed by atoms with Crippen LogP contribution in [0.4, 0.5) is 0 Å². The zero-order valence-corrected chi connectivity index (χ0v) is 62.8. The lowest BCUT2D eigenvalue weighted by Crippen LogP contribution is -2.30. The van der Waals surface area contributed by atoms with Crippen molar-refractivity contribution in [2.75, 3.05) is 39.6 Å². The highest BCUT2D eigenvalue weighted by Gasteiger charge is 2.30. The molecule has 0 saturated heterocycles. The van der Waals surface area contributed by atoms with Crippen LogP contribution in [0, 0.1) is 0 Å². The molecule has 0 aromatic rings. The molecule has 560 valence electrons. The van der Waals surface area contributed by atoms with Crippen molar-refractivity contribution in [2.45, 2.75) is 367 Å². The summed E-state index contributed by atoms with van der Waals surface area (Å²) in [6.07, 6.45) is 67.8. The fraction of sp³-hybridized carbons (Fsp3) is 0.818. The summed E-state index contributed by atoms with van der Waals surface area (Å²) < 4.78 is 68.4. The summed E-state index contributed by atoms with van der Waals surface area (Å²) in [6, 6.07) is 0. The zero-order valence-electron chi connectivity index (χ0n) is 61.1. The quantitative estimate of drug-likeness (QED) is 0.0169. The maximum absolute atomic E-state index is 13.1. The molecule has 3 N–H and O–H groups in total. The molecular formula is C77H140O17P2. The number of aliphatic hydroxyl groups is 1. The van der Waals surface area contributed by atoms with Crippen LogP contribution in [0.15, 0.2) is 60.8 Å². The Hall–Kier alpha value is -3.24. The van der Waals surface area contributed by atoms with Crippen molar-refractivity contribution in [3.05, 3.63) is 60.8 Å². The van der Waals surface area contributed by atoms with Gasteiger partial charge in [-0.2, -0.15) is 0 Å². The minimum Gasteiger partial charge on any atom is -0.462 e. The van der Waals surface area contributed by atoms with Gasteiger partial charge in [0, 0.05) is 25.7 Å². The fourth-order valence-corrected chi connectivity index (χ4v) is 12.0. The Morgan fingerprint density at radius 3 is 0.812 bits per heavy atom. The molecule has 0 aliphatic carbocycles. The number of aliphatic hydroxyl groups excluding tert-OH is 1. The third-order valence-corrected chi connectivity index (χ3v) is 18.3. The van der Waals surface area contributed by atoms with Crippen LogP contribution >= 0.6 is 15.6 Å². The van der Waals surface area contributed by atoms with Gasteiger partial charge in [0.05, 0.1) is 26.4 Å². The first kappa shape index (κ1) is 92.8. The summed E-state index contributed by atoms with van der Waals surface area (Å²) in [6.45, 7) is 4.81. The molecule has 0 radical (unpaired) electrons. The van der Waals surface area contributed by atoms with Gasteiger partial charge in [-0.25, -0.2) is 9.13 Å².